The average molecular weight is 231 g/mol. The lowest BCUT2D eigenvalue weighted by atomic mass is 10.0. The average Bonchev–Trinajstić information content (AvgIpc) is 2.30. The summed E-state index contributed by atoms with van der Waals surface area (Å²) in [6, 6.07) is 7.84. The quantitative estimate of drug-likeness (QED) is 0.533. The Bertz CT molecular complexity index is 459. The molecule has 1 aromatic carbocycles. The van der Waals surface area contributed by atoms with Crippen LogP contribution in [0.1, 0.15) is 19.4 Å². The standard InChI is InChI=1S/C15H15Cl/c1-4-8-13(12(3)5-2)11-14-9-6-7-10-15(14)16/h2,4,6-10H,11H2,1,3H3/b8-4-,13-12+. The van der Waals surface area contributed by atoms with E-state index in [0.717, 1.165) is 28.2 Å². The van der Waals surface area contributed by atoms with Gasteiger partial charge in [0.15, 0.2) is 0 Å². The van der Waals surface area contributed by atoms with Crippen molar-refractivity contribution in [3.63, 3.8) is 0 Å². The van der Waals surface area contributed by atoms with Gasteiger partial charge in [0.25, 0.3) is 0 Å². The molecule has 0 N–H and O–H groups in total. The third-order valence-electron chi connectivity index (χ3n) is 2.40. The van der Waals surface area contributed by atoms with E-state index in [2.05, 4.69) is 5.92 Å². The summed E-state index contributed by atoms with van der Waals surface area (Å²) in [5, 5.41) is 0.786. The van der Waals surface area contributed by atoms with Crippen LogP contribution in [0.15, 0.2) is 47.6 Å². The Morgan fingerprint density at radius 1 is 1.44 bits per heavy atom. The van der Waals surface area contributed by atoms with Gasteiger partial charge < -0.3 is 0 Å². The summed E-state index contributed by atoms with van der Waals surface area (Å²) in [6.07, 6.45) is 10.2. The molecule has 0 aliphatic rings. The molecule has 0 saturated carbocycles. The highest BCUT2D eigenvalue weighted by atomic mass is 35.5. The minimum atomic E-state index is 0.778. The molecule has 0 amide bonds. The van der Waals surface area contributed by atoms with Gasteiger partial charge in [-0.05, 0) is 37.5 Å². The maximum absolute atomic E-state index is 6.12. The smallest absolute Gasteiger partial charge is 0.0441 e. The third kappa shape index (κ3) is 3.29. The minimum absolute atomic E-state index is 0.778. The SMILES string of the molecule is C#C/C(C)=C(\C=C/C)Cc1ccccc1Cl. The first-order valence-corrected chi connectivity index (χ1v) is 5.59. The molecule has 0 nitrogen and oxygen atoms in total. The van der Waals surface area contributed by atoms with Crippen molar-refractivity contribution in [2.45, 2.75) is 20.3 Å². The van der Waals surface area contributed by atoms with Crippen LogP contribution in [0.3, 0.4) is 0 Å². The maximum atomic E-state index is 6.12. The van der Waals surface area contributed by atoms with Crippen LogP contribution >= 0.6 is 11.6 Å². The molecule has 0 unspecified atom stereocenters. The van der Waals surface area contributed by atoms with Crippen molar-refractivity contribution in [3.05, 3.63) is 58.1 Å². The van der Waals surface area contributed by atoms with E-state index in [9.17, 15) is 0 Å². The monoisotopic (exact) mass is 230 g/mol. The highest BCUT2D eigenvalue weighted by Crippen LogP contribution is 2.20. The Morgan fingerprint density at radius 2 is 2.12 bits per heavy atom. The summed E-state index contributed by atoms with van der Waals surface area (Å²) in [7, 11) is 0. The molecule has 0 radical (unpaired) electrons. The fourth-order valence-electron chi connectivity index (χ4n) is 1.46. The Labute approximate surface area is 103 Å². The summed E-state index contributed by atoms with van der Waals surface area (Å²) in [4.78, 5) is 0. The predicted molar refractivity (Wildman–Crippen MR) is 71.5 cm³/mol. The van der Waals surface area contributed by atoms with E-state index in [-0.39, 0.29) is 0 Å². The van der Waals surface area contributed by atoms with Gasteiger partial charge in [-0.3, -0.25) is 0 Å². The van der Waals surface area contributed by atoms with E-state index in [1.807, 2.05) is 50.3 Å². The molecule has 0 aliphatic carbocycles. The molecule has 0 aromatic heterocycles. The van der Waals surface area contributed by atoms with Gasteiger partial charge >= 0.3 is 0 Å². The summed E-state index contributed by atoms with van der Waals surface area (Å²) in [5.41, 5.74) is 3.20. The van der Waals surface area contributed by atoms with Gasteiger partial charge in [-0.2, -0.15) is 0 Å². The highest BCUT2D eigenvalue weighted by molar-refractivity contribution is 6.31. The zero-order chi connectivity index (χ0) is 12.0. The number of hydrogen-bond donors (Lipinski definition) is 0. The summed E-state index contributed by atoms with van der Waals surface area (Å²) < 4.78 is 0. The van der Waals surface area contributed by atoms with E-state index in [1.54, 1.807) is 0 Å². The molecule has 0 fully saturated rings. The lowest BCUT2D eigenvalue weighted by molar-refractivity contribution is 1.17. The van der Waals surface area contributed by atoms with Gasteiger partial charge in [0, 0.05) is 10.6 Å². The molecule has 0 atom stereocenters. The second-order valence-corrected chi connectivity index (χ2v) is 3.97. The molecule has 82 valence electrons. The first kappa shape index (κ1) is 12.6. The van der Waals surface area contributed by atoms with Gasteiger partial charge in [-0.15, -0.1) is 6.42 Å². The highest BCUT2D eigenvalue weighted by Gasteiger charge is 2.03. The van der Waals surface area contributed by atoms with Gasteiger partial charge in [-0.1, -0.05) is 47.9 Å². The largest absolute Gasteiger partial charge is 0.115 e. The van der Waals surface area contributed by atoms with Crippen LogP contribution in [0.4, 0.5) is 0 Å². The van der Waals surface area contributed by atoms with Gasteiger partial charge in [0.05, 0.1) is 0 Å². The molecule has 0 aliphatic heterocycles. The molecular weight excluding hydrogens is 216 g/mol. The Kier molecular flexibility index (Phi) is 4.89. The Morgan fingerprint density at radius 3 is 2.69 bits per heavy atom. The topological polar surface area (TPSA) is 0 Å². The lowest BCUT2D eigenvalue weighted by Gasteiger charge is -2.06. The van der Waals surface area contributed by atoms with Crippen LogP contribution in [0.2, 0.25) is 5.02 Å². The number of terminal acetylenes is 1. The number of allylic oxidation sites excluding steroid dienone is 4. The van der Waals surface area contributed by atoms with Crippen LogP contribution in [-0.4, -0.2) is 0 Å². The predicted octanol–water partition coefficient (Wildman–Crippen LogP) is 4.41. The fraction of sp³-hybridized carbons (Fsp3) is 0.200. The fourth-order valence-corrected chi connectivity index (χ4v) is 1.66. The van der Waals surface area contributed by atoms with Crippen molar-refractivity contribution >= 4 is 11.6 Å². The van der Waals surface area contributed by atoms with Crippen molar-refractivity contribution < 1.29 is 0 Å². The van der Waals surface area contributed by atoms with E-state index in [0.29, 0.717) is 0 Å². The second kappa shape index (κ2) is 6.20. The van der Waals surface area contributed by atoms with E-state index < -0.39 is 0 Å². The molecule has 0 saturated heterocycles. The van der Waals surface area contributed by atoms with E-state index in [1.165, 1.54) is 0 Å². The molecule has 1 aromatic rings. The van der Waals surface area contributed by atoms with E-state index >= 15 is 0 Å². The van der Waals surface area contributed by atoms with Gasteiger partial charge in [0.2, 0.25) is 0 Å². The van der Waals surface area contributed by atoms with Gasteiger partial charge in [0.1, 0.15) is 0 Å². The number of benzene rings is 1. The summed E-state index contributed by atoms with van der Waals surface area (Å²) in [5.74, 6) is 2.67. The zero-order valence-electron chi connectivity index (χ0n) is 9.63. The number of hydrogen-bond acceptors (Lipinski definition) is 0. The van der Waals surface area contributed by atoms with Crippen molar-refractivity contribution in [2.24, 2.45) is 0 Å². The maximum Gasteiger partial charge on any atom is 0.0441 e. The molecular formula is C15H15Cl. The molecule has 0 bridgehead atoms. The Hall–Kier alpha value is -1.45. The molecule has 0 spiro atoms. The van der Waals surface area contributed by atoms with Crippen LogP contribution < -0.4 is 0 Å². The Balaban J connectivity index is 3.04. The van der Waals surface area contributed by atoms with Crippen molar-refractivity contribution in [1.82, 2.24) is 0 Å². The van der Waals surface area contributed by atoms with Gasteiger partial charge in [-0.25, -0.2) is 0 Å². The van der Waals surface area contributed by atoms with Crippen molar-refractivity contribution in [3.8, 4) is 12.3 Å². The summed E-state index contributed by atoms with van der Waals surface area (Å²) >= 11 is 6.12. The normalized spacial score (nSPS) is 12.4. The van der Waals surface area contributed by atoms with Crippen LogP contribution in [0, 0.1) is 12.3 Å². The first-order valence-electron chi connectivity index (χ1n) is 5.21. The van der Waals surface area contributed by atoms with Crippen molar-refractivity contribution in [2.75, 3.05) is 0 Å². The van der Waals surface area contributed by atoms with Crippen molar-refractivity contribution in [1.29, 1.82) is 0 Å². The molecule has 1 heteroatoms. The lowest BCUT2D eigenvalue weighted by Crippen LogP contribution is -1.92. The number of rotatable bonds is 3. The molecule has 1 rings (SSSR count). The first-order chi connectivity index (χ1) is 7.69. The van der Waals surface area contributed by atoms with Crippen LogP contribution in [0.5, 0.6) is 0 Å². The zero-order valence-corrected chi connectivity index (χ0v) is 10.4. The third-order valence-corrected chi connectivity index (χ3v) is 2.77. The molecule has 0 heterocycles. The van der Waals surface area contributed by atoms with Crippen LogP contribution in [-0.2, 0) is 6.42 Å². The van der Waals surface area contributed by atoms with Crippen LogP contribution in [0.25, 0.3) is 0 Å². The second-order valence-electron chi connectivity index (χ2n) is 3.56. The minimum Gasteiger partial charge on any atom is -0.115 e. The summed E-state index contributed by atoms with van der Waals surface area (Å²) in [6.45, 7) is 3.93. The van der Waals surface area contributed by atoms with E-state index in [4.69, 9.17) is 18.0 Å². The number of halogens is 1. The molecule has 16 heavy (non-hydrogen) atoms.